The van der Waals surface area contributed by atoms with Crippen molar-refractivity contribution in [3.63, 3.8) is 0 Å². The molecule has 1 aliphatic carbocycles. The summed E-state index contributed by atoms with van der Waals surface area (Å²) in [6, 6.07) is 23.2. The van der Waals surface area contributed by atoms with Crippen LogP contribution in [0.15, 0.2) is 89.3 Å². The zero-order valence-electron chi connectivity index (χ0n) is 39.9. The third-order valence-electron chi connectivity index (χ3n) is 12.6. The first-order chi connectivity index (χ1) is 33.4. The summed E-state index contributed by atoms with van der Waals surface area (Å²) in [4.78, 5) is 77.1. The van der Waals surface area contributed by atoms with Crippen molar-refractivity contribution in [2.75, 3.05) is 49.9 Å². The van der Waals surface area contributed by atoms with Gasteiger partial charge in [-0.05, 0) is 94.3 Å². The molecule has 3 aromatic rings. The van der Waals surface area contributed by atoms with Crippen LogP contribution >= 0.6 is 23.5 Å². The second-order valence-corrected chi connectivity index (χ2v) is 22.1. The van der Waals surface area contributed by atoms with E-state index < -0.39 is 57.8 Å². The van der Waals surface area contributed by atoms with Crippen LogP contribution in [0.3, 0.4) is 0 Å². The number of anilines is 1. The molecule has 20 heteroatoms. The Kier molecular flexibility index (Phi) is 18.6. The Morgan fingerprint density at radius 1 is 0.900 bits per heavy atom. The number of nitrogens with one attached hydrogen (secondary N) is 3. The normalized spacial score (nSPS) is 14.9. The van der Waals surface area contributed by atoms with E-state index in [1.807, 2.05) is 48.5 Å². The van der Waals surface area contributed by atoms with E-state index >= 15 is 0 Å². The fourth-order valence-corrected chi connectivity index (χ4v) is 10.4. The van der Waals surface area contributed by atoms with E-state index in [1.54, 1.807) is 36.4 Å². The van der Waals surface area contributed by atoms with Crippen molar-refractivity contribution in [2.45, 2.75) is 89.4 Å². The van der Waals surface area contributed by atoms with Gasteiger partial charge in [0.15, 0.2) is 0 Å². The van der Waals surface area contributed by atoms with Crippen molar-refractivity contribution < 1.29 is 50.9 Å². The molecule has 2 heterocycles. The molecule has 17 nitrogen and oxygen atoms in total. The van der Waals surface area contributed by atoms with Crippen LogP contribution < -0.4 is 30.8 Å². The van der Waals surface area contributed by atoms with E-state index in [0.717, 1.165) is 59.3 Å². The SMILES string of the molecule is CCN(CC)c1ccc2c(-c3ccccc3C(=O)N3CCCC3C(=O)NC(CS(=O)(=O)O)C(=O)NCCCCCC(=O)NCc3ccc(C(Br)P(=O)(O)O)cc3)c3ccc(=[N+](CC)CC)cc-3oc2c1. The number of halogens is 1. The van der Waals surface area contributed by atoms with E-state index in [9.17, 15) is 46.5 Å². The Balaban J connectivity index is 1.13. The summed E-state index contributed by atoms with van der Waals surface area (Å²) in [5.41, 5.74) is 5.37. The van der Waals surface area contributed by atoms with Crippen molar-refractivity contribution in [3.8, 4) is 22.5 Å². The Morgan fingerprint density at radius 2 is 1.61 bits per heavy atom. The molecule has 0 radical (unpaired) electrons. The fraction of sp³-hybridized carbons (Fsp3) is 0.420. The molecule has 3 atom stereocenters. The smallest absolute Gasteiger partial charge is 0.343 e. The van der Waals surface area contributed by atoms with Gasteiger partial charge in [-0.2, -0.15) is 8.42 Å². The maximum absolute atomic E-state index is 14.8. The van der Waals surface area contributed by atoms with Gasteiger partial charge in [0.2, 0.25) is 23.1 Å². The number of carbonyl (C=O) groups is 4. The van der Waals surface area contributed by atoms with Gasteiger partial charge >= 0.3 is 7.60 Å². The standard InChI is InChI=1S/C50H62BrN6O11PS/c1-5-55(6-2)35-23-25-39-43(29-35)68-44-30-36(56(7-3)8-4)24-26-40(44)46(39)37-15-11-12-16-38(37)50(61)57-28-14-17-42(57)49(60)54-41(32-70(65,66)67)48(59)52-27-13-9-10-18-45(58)53-31-33-19-21-34(22-20-33)47(51)69(62,63)64/h11-12,15-16,19-26,29-30,41-42,47H,5-10,13-14,17-18,27-28,31-32H2,1-4H3,(H5-,52,53,54,58,59,60,62,63,64,65,66,67)/p+1. The number of hydrogen-bond acceptors (Lipinski definition) is 9. The lowest BCUT2D eigenvalue weighted by molar-refractivity contribution is -0.130. The molecule has 2 aliphatic heterocycles. The van der Waals surface area contributed by atoms with Crippen LogP contribution in [-0.2, 0) is 35.6 Å². The number of carbonyl (C=O) groups excluding carboxylic acids is 4. The van der Waals surface area contributed by atoms with Gasteiger partial charge in [-0.25, -0.2) is 4.58 Å². The molecule has 4 amide bonds. The monoisotopic (exact) mass is 1070 g/mol. The maximum Gasteiger partial charge on any atom is 0.343 e. The number of likely N-dealkylation sites (tertiary alicyclic amines) is 1. The quantitative estimate of drug-likeness (QED) is 0.0110. The van der Waals surface area contributed by atoms with Gasteiger partial charge in [-0.3, -0.25) is 28.3 Å². The molecule has 0 bridgehead atoms. The van der Waals surface area contributed by atoms with Crippen molar-refractivity contribution in [1.29, 1.82) is 0 Å². The molecule has 3 aliphatic rings. The van der Waals surface area contributed by atoms with E-state index in [-0.39, 0.29) is 38.4 Å². The Bertz CT molecular complexity index is 2880. The molecule has 1 saturated heterocycles. The second-order valence-electron chi connectivity index (χ2n) is 17.2. The van der Waals surface area contributed by atoms with E-state index in [2.05, 4.69) is 69.1 Å². The first kappa shape index (κ1) is 53.9. The Morgan fingerprint density at radius 3 is 2.29 bits per heavy atom. The zero-order valence-corrected chi connectivity index (χ0v) is 43.2. The summed E-state index contributed by atoms with van der Waals surface area (Å²) in [5, 5.41) is 9.73. The van der Waals surface area contributed by atoms with Crippen LogP contribution in [-0.4, -0.2) is 108 Å². The average Bonchev–Trinajstić information content (AvgIpc) is 3.84. The lowest BCUT2D eigenvalue weighted by atomic mass is 9.90. The van der Waals surface area contributed by atoms with Gasteiger partial charge < -0.3 is 40.0 Å². The van der Waals surface area contributed by atoms with Crippen LogP contribution in [0.5, 0.6) is 0 Å². The number of unbranched alkanes of at least 4 members (excludes halogenated alkanes) is 2. The third-order valence-corrected chi connectivity index (χ3v) is 16.4. The summed E-state index contributed by atoms with van der Waals surface area (Å²) in [6.45, 7) is 12.1. The predicted molar refractivity (Wildman–Crippen MR) is 274 cm³/mol. The van der Waals surface area contributed by atoms with E-state index in [0.29, 0.717) is 53.7 Å². The number of nitrogens with zero attached hydrogens (tertiary/aromatic N) is 3. The first-order valence-corrected chi connectivity index (χ1v) is 27.9. The number of hydrogen-bond donors (Lipinski definition) is 6. The highest BCUT2D eigenvalue weighted by Crippen LogP contribution is 2.55. The van der Waals surface area contributed by atoms with Gasteiger partial charge in [0.1, 0.15) is 46.8 Å². The molecule has 6 rings (SSSR count). The zero-order chi connectivity index (χ0) is 50.8. The van der Waals surface area contributed by atoms with Gasteiger partial charge in [-0.1, -0.05) is 64.8 Å². The first-order valence-electron chi connectivity index (χ1n) is 23.7. The number of rotatable bonds is 22. The molecule has 70 heavy (non-hydrogen) atoms. The molecular formula is C50H63BrN6O11PS+. The van der Waals surface area contributed by atoms with Gasteiger partial charge in [-0.15, -0.1) is 0 Å². The second kappa shape index (κ2) is 24.1. The minimum Gasteiger partial charge on any atom is -0.456 e. The van der Waals surface area contributed by atoms with E-state index in [1.165, 1.54) is 4.90 Å². The molecule has 1 fully saturated rings. The minimum absolute atomic E-state index is 0.0995. The molecule has 6 N–H and O–H groups in total. The van der Waals surface area contributed by atoms with Crippen LogP contribution in [0, 0.1) is 0 Å². The van der Waals surface area contributed by atoms with Crippen LogP contribution in [0.4, 0.5) is 5.69 Å². The predicted octanol–water partition coefficient (Wildman–Crippen LogP) is 6.40. The van der Waals surface area contributed by atoms with Gasteiger partial charge in [0.05, 0.1) is 6.07 Å². The molecule has 3 aromatic carbocycles. The summed E-state index contributed by atoms with van der Waals surface area (Å²) >= 11 is 3.01. The van der Waals surface area contributed by atoms with Crippen LogP contribution in [0.25, 0.3) is 33.4 Å². The maximum atomic E-state index is 14.8. The minimum atomic E-state index is -4.74. The Labute approximate surface area is 417 Å². The lowest BCUT2D eigenvalue weighted by Gasteiger charge is -2.27. The number of fused-ring (bicyclic) bond motifs is 2. The third kappa shape index (κ3) is 13.5. The number of alkyl halides is 1. The highest BCUT2D eigenvalue weighted by molar-refractivity contribution is 9.10. The number of amides is 4. The lowest BCUT2D eigenvalue weighted by Crippen LogP contribution is -2.55. The highest BCUT2D eigenvalue weighted by atomic mass is 79.9. The van der Waals surface area contributed by atoms with Gasteiger partial charge in [0, 0.05) is 79.0 Å². The van der Waals surface area contributed by atoms with Gasteiger partial charge in [0.25, 0.3) is 16.0 Å². The highest BCUT2D eigenvalue weighted by Gasteiger charge is 2.38. The Hall–Kier alpha value is -5.43. The van der Waals surface area contributed by atoms with E-state index in [4.69, 9.17) is 4.42 Å². The summed E-state index contributed by atoms with van der Waals surface area (Å²) in [5.74, 6) is -2.63. The fourth-order valence-electron chi connectivity index (χ4n) is 8.91. The van der Waals surface area contributed by atoms with Crippen molar-refractivity contribution >= 4 is 73.9 Å². The summed E-state index contributed by atoms with van der Waals surface area (Å²) in [7, 11) is -9.10. The average molecular weight is 1070 g/mol. The van der Waals surface area contributed by atoms with Crippen molar-refractivity contribution in [2.24, 2.45) is 0 Å². The molecule has 376 valence electrons. The largest absolute Gasteiger partial charge is 0.456 e. The van der Waals surface area contributed by atoms with Crippen LogP contribution in [0.1, 0.15) is 92.3 Å². The summed E-state index contributed by atoms with van der Waals surface area (Å²) in [6.07, 6.45) is 2.37. The number of benzene rings is 4. The molecular weight excluding hydrogens is 1000 g/mol. The summed E-state index contributed by atoms with van der Waals surface area (Å²) < 4.78 is 53.3. The van der Waals surface area contributed by atoms with Crippen molar-refractivity contribution in [3.05, 3.63) is 107 Å². The van der Waals surface area contributed by atoms with Crippen LogP contribution in [0.2, 0.25) is 0 Å². The molecule has 0 saturated carbocycles. The topological polar surface area (TPSA) is 239 Å². The van der Waals surface area contributed by atoms with Crippen molar-refractivity contribution in [1.82, 2.24) is 25.4 Å². The molecule has 0 spiro atoms. The molecule has 3 unspecified atom stereocenters. The molecule has 0 aromatic heterocycles.